The number of rotatable bonds is 8. The van der Waals surface area contributed by atoms with Crippen molar-refractivity contribution in [1.29, 1.82) is 0 Å². The number of hydrogen-bond acceptors (Lipinski definition) is 16. The van der Waals surface area contributed by atoms with Gasteiger partial charge in [-0.2, -0.15) is 0 Å². The molecular formula is C27H30O16. The van der Waals surface area contributed by atoms with Crippen molar-refractivity contribution in [2.45, 2.75) is 55.3 Å². The van der Waals surface area contributed by atoms with Crippen LogP contribution in [0.5, 0.6) is 28.7 Å². The molecule has 234 valence electrons. The number of fused-ring (bicyclic) bond motifs is 1. The molecule has 0 unspecified atom stereocenters. The van der Waals surface area contributed by atoms with E-state index in [1.165, 1.54) is 25.3 Å². The first-order chi connectivity index (χ1) is 20.4. The highest BCUT2D eigenvalue weighted by molar-refractivity contribution is 5.88. The number of aliphatic hydroxyl groups excluding tert-OH is 6. The summed E-state index contributed by atoms with van der Waals surface area (Å²) < 4.78 is 32.8. The molecule has 1 aromatic heterocycles. The van der Waals surface area contributed by atoms with Gasteiger partial charge in [-0.05, 0) is 18.2 Å². The Morgan fingerprint density at radius 2 is 1.47 bits per heavy atom. The average molecular weight is 611 g/mol. The van der Waals surface area contributed by atoms with Crippen LogP contribution in [-0.2, 0) is 14.2 Å². The van der Waals surface area contributed by atoms with Crippen LogP contribution in [0.2, 0.25) is 0 Å². The second-order valence-electron chi connectivity index (χ2n) is 9.99. The van der Waals surface area contributed by atoms with Gasteiger partial charge in [-0.1, -0.05) is 0 Å². The van der Waals surface area contributed by atoms with E-state index in [9.17, 15) is 50.8 Å². The first kappa shape index (κ1) is 30.7. The zero-order chi connectivity index (χ0) is 31.2. The predicted octanol–water partition coefficient (Wildman–Crippen LogP) is -1.77. The number of aromatic hydroxyl groups is 3. The van der Waals surface area contributed by atoms with Crippen LogP contribution in [0.25, 0.3) is 22.3 Å². The smallest absolute Gasteiger partial charge is 0.239 e. The minimum atomic E-state index is -1.81. The quantitative estimate of drug-likeness (QED) is 0.128. The van der Waals surface area contributed by atoms with Crippen LogP contribution in [0.15, 0.2) is 39.5 Å². The van der Waals surface area contributed by atoms with Crippen LogP contribution in [0.3, 0.4) is 0 Å². The lowest BCUT2D eigenvalue weighted by Crippen LogP contribution is -2.60. The molecule has 0 saturated carbocycles. The van der Waals surface area contributed by atoms with Crippen LogP contribution in [0.1, 0.15) is 0 Å². The summed E-state index contributed by atoms with van der Waals surface area (Å²) in [6.45, 7) is -1.11. The average Bonchev–Trinajstić information content (AvgIpc) is 3.25. The van der Waals surface area contributed by atoms with E-state index in [1.54, 1.807) is 0 Å². The van der Waals surface area contributed by atoms with E-state index < -0.39 is 91.2 Å². The molecule has 2 fully saturated rings. The summed E-state index contributed by atoms with van der Waals surface area (Å²) in [5.41, 5.74) is -0.833. The standard InChI is InChI=1S/C27H30O16/c1-38-25-20(34)17-13(31)5-10(6-14(17)41-24(25)9-2-3-11(29)12(30)4-9)40-27-23(37)21(35)19(33)16(43-27)8-39-26-22(36)18(32)15(7-28)42-26/h2-6,15-16,18-19,21-23,26-33,35-37H,7-8H2,1H3/t15-,16+,18-,19+,21-,22+,23+,26+,27+/m0/s1. The summed E-state index contributed by atoms with van der Waals surface area (Å²) in [5.74, 6) is -2.17. The van der Waals surface area contributed by atoms with E-state index in [-0.39, 0.29) is 33.8 Å². The lowest BCUT2D eigenvalue weighted by Gasteiger charge is -2.40. The van der Waals surface area contributed by atoms with Crippen molar-refractivity contribution in [3.63, 3.8) is 0 Å². The summed E-state index contributed by atoms with van der Waals surface area (Å²) in [6, 6.07) is 5.84. The van der Waals surface area contributed by atoms with Crippen molar-refractivity contribution in [3.05, 3.63) is 40.6 Å². The van der Waals surface area contributed by atoms with Crippen molar-refractivity contribution >= 4 is 11.0 Å². The second-order valence-corrected chi connectivity index (χ2v) is 9.99. The van der Waals surface area contributed by atoms with Gasteiger partial charge in [0.05, 0.1) is 20.3 Å². The Hall–Kier alpha value is -3.71. The molecular weight excluding hydrogens is 580 g/mol. The lowest BCUT2D eigenvalue weighted by atomic mass is 9.99. The number of methoxy groups -OCH3 is 1. The molecule has 0 aliphatic carbocycles. The van der Waals surface area contributed by atoms with Gasteiger partial charge in [0.2, 0.25) is 17.5 Å². The number of benzene rings is 2. The molecule has 0 spiro atoms. The van der Waals surface area contributed by atoms with Crippen molar-refractivity contribution in [1.82, 2.24) is 0 Å². The van der Waals surface area contributed by atoms with Gasteiger partial charge >= 0.3 is 0 Å². The Kier molecular flexibility index (Phi) is 8.66. The molecule has 3 aromatic rings. The molecule has 2 aliphatic heterocycles. The molecule has 43 heavy (non-hydrogen) atoms. The highest BCUT2D eigenvalue weighted by Gasteiger charge is 2.47. The van der Waals surface area contributed by atoms with Crippen LogP contribution in [0.4, 0.5) is 0 Å². The SMILES string of the molecule is COc1c(-c2ccc(O)c(O)c2)oc2cc(O[C@@H]3O[C@H](CO[C@@H]4O[C@@H](CO)[C@H](O)[C@H]4O)[C@@H](O)[C@H](O)[C@H]3O)cc(O)c2c1=O. The molecule has 0 bridgehead atoms. The maximum Gasteiger partial charge on any atom is 0.239 e. The monoisotopic (exact) mass is 610 g/mol. The third-order valence-electron chi connectivity index (χ3n) is 7.19. The number of phenolic OH excluding ortho intramolecular Hbond substituents is 3. The zero-order valence-electron chi connectivity index (χ0n) is 22.4. The fourth-order valence-corrected chi connectivity index (χ4v) is 4.84. The molecule has 16 heteroatoms. The fourth-order valence-electron chi connectivity index (χ4n) is 4.84. The Morgan fingerprint density at radius 1 is 0.791 bits per heavy atom. The Balaban J connectivity index is 1.41. The first-order valence-electron chi connectivity index (χ1n) is 13.0. The minimum absolute atomic E-state index is 0.150. The van der Waals surface area contributed by atoms with Gasteiger partial charge in [0.15, 0.2) is 23.5 Å². The fraction of sp³-hybridized carbons (Fsp3) is 0.444. The largest absolute Gasteiger partial charge is 0.507 e. The van der Waals surface area contributed by atoms with Gasteiger partial charge in [-0.3, -0.25) is 4.79 Å². The minimum Gasteiger partial charge on any atom is -0.507 e. The normalized spacial score (nSPS) is 30.9. The number of phenols is 3. The van der Waals surface area contributed by atoms with E-state index in [0.29, 0.717) is 0 Å². The predicted molar refractivity (Wildman–Crippen MR) is 140 cm³/mol. The molecule has 0 radical (unpaired) electrons. The molecule has 5 rings (SSSR count). The number of hydrogen-bond donors (Lipinski definition) is 9. The summed E-state index contributed by atoms with van der Waals surface area (Å²) in [7, 11) is 1.20. The second kappa shape index (κ2) is 12.1. The summed E-state index contributed by atoms with van der Waals surface area (Å²) >= 11 is 0. The Labute approximate surface area is 241 Å². The molecule has 2 aromatic carbocycles. The van der Waals surface area contributed by atoms with Crippen LogP contribution in [0, 0.1) is 0 Å². The Morgan fingerprint density at radius 3 is 2.12 bits per heavy atom. The molecule has 3 heterocycles. The third-order valence-corrected chi connectivity index (χ3v) is 7.19. The molecule has 9 N–H and O–H groups in total. The van der Waals surface area contributed by atoms with Crippen molar-refractivity contribution in [3.8, 4) is 40.1 Å². The third kappa shape index (κ3) is 5.67. The van der Waals surface area contributed by atoms with Gasteiger partial charge < -0.3 is 74.1 Å². The van der Waals surface area contributed by atoms with E-state index in [1.807, 2.05) is 0 Å². The Bertz CT molecular complexity index is 1520. The summed E-state index contributed by atoms with van der Waals surface area (Å²) in [5, 5.41) is 90.5. The van der Waals surface area contributed by atoms with Gasteiger partial charge in [-0.15, -0.1) is 0 Å². The highest BCUT2D eigenvalue weighted by Crippen LogP contribution is 2.39. The van der Waals surface area contributed by atoms with Gasteiger partial charge in [0.25, 0.3) is 0 Å². The van der Waals surface area contributed by atoms with Crippen LogP contribution < -0.4 is 14.9 Å². The van der Waals surface area contributed by atoms with Crippen LogP contribution >= 0.6 is 0 Å². The van der Waals surface area contributed by atoms with Gasteiger partial charge in [0, 0.05) is 17.7 Å². The van der Waals surface area contributed by atoms with Gasteiger partial charge in [-0.25, -0.2) is 0 Å². The van der Waals surface area contributed by atoms with E-state index >= 15 is 0 Å². The topological polar surface area (TPSA) is 258 Å². The van der Waals surface area contributed by atoms with E-state index in [4.69, 9.17) is 28.1 Å². The van der Waals surface area contributed by atoms with E-state index in [2.05, 4.69) is 0 Å². The lowest BCUT2D eigenvalue weighted by molar-refractivity contribution is -0.290. The first-order valence-corrected chi connectivity index (χ1v) is 13.0. The maximum atomic E-state index is 13.2. The summed E-state index contributed by atoms with van der Waals surface area (Å²) in [6.07, 6.45) is -13.8. The summed E-state index contributed by atoms with van der Waals surface area (Å²) in [4.78, 5) is 13.2. The van der Waals surface area contributed by atoms with Gasteiger partial charge in [0.1, 0.15) is 65.2 Å². The maximum absolute atomic E-state index is 13.2. The zero-order valence-corrected chi connectivity index (χ0v) is 22.4. The highest BCUT2D eigenvalue weighted by atomic mass is 16.7. The molecule has 16 nitrogen and oxygen atoms in total. The molecule has 0 amide bonds. The molecule has 2 saturated heterocycles. The number of aliphatic hydroxyl groups is 6. The van der Waals surface area contributed by atoms with Crippen LogP contribution in [-0.4, -0.2) is 122 Å². The molecule has 2 aliphatic rings. The molecule has 9 atom stereocenters. The van der Waals surface area contributed by atoms with Crippen molar-refractivity contribution in [2.24, 2.45) is 0 Å². The van der Waals surface area contributed by atoms with Crippen molar-refractivity contribution < 1.29 is 74.1 Å². The van der Waals surface area contributed by atoms with E-state index in [0.717, 1.165) is 12.1 Å². The number of ether oxygens (including phenoxy) is 5. The van der Waals surface area contributed by atoms with Crippen molar-refractivity contribution in [2.75, 3.05) is 20.3 Å².